The number of nitrogens with zero attached hydrogens (tertiary/aromatic N) is 1. The second kappa shape index (κ2) is 7.87. The molecule has 1 aromatic carbocycles. The molecule has 20 heavy (non-hydrogen) atoms. The summed E-state index contributed by atoms with van der Waals surface area (Å²) in [5, 5.41) is 0.749. The highest BCUT2D eigenvalue weighted by Crippen LogP contribution is 2.33. The van der Waals surface area contributed by atoms with Gasteiger partial charge >= 0.3 is 0 Å². The van der Waals surface area contributed by atoms with Crippen LogP contribution in [0.1, 0.15) is 44.2 Å². The molecule has 1 aliphatic rings. The van der Waals surface area contributed by atoms with Crippen molar-refractivity contribution < 1.29 is 4.74 Å². The smallest absolute Gasteiger partial charge is 0.124 e. The van der Waals surface area contributed by atoms with Gasteiger partial charge in [0.25, 0.3) is 0 Å². The summed E-state index contributed by atoms with van der Waals surface area (Å²) in [7, 11) is 0. The van der Waals surface area contributed by atoms with Gasteiger partial charge in [-0.2, -0.15) is 0 Å². The molecular weight excluding hydrogens is 272 g/mol. The van der Waals surface area contributed by atoms with E-state index in [0.29, 0.717) is 6.54 Å². The lowest BCUT2D eigenvalue weighted by molar-refractivity contribution is 0.163. The summed E-state index contributed by atoms with van der Waals surface area (Å²) in [5.41, 5.74) is 7.18. The largest absolute Gasteiger partial charge is 0.493 e. The van der Waals surface area contributed by atoms with Gasteiger partial charge in [0.1, 0.15) is 5.75 Å². The van der Waals surface area contributed by atoms with E-state index in [1.165, 1.54) is 19.3 Å². The average molecular weight is 297 g/mol. The number of hydrogen-bond acceptors (Lipinski definition) is 3. The van der Waals surface area contributed by atoms with Crippen LogP contribution in [0.2, 0.25) is 5.02 Å². The predicted molar refractivity (Wildman–Crippen MR) is 84.5 cm³/mol. The number of rotatable bonds is 6. The van der Waals surface area contributed by atoms with Crippen molar-refractivity contribution in [3.63, 3.8) is 0 Å². The van der Waals surface area contributed by atoms with E-state index in [1.807, 2.05) is 18.2 Å². The maximum absolute atomic E-state index is 6.18. The minimum absolute atomic E-state index is 0.209. The number of piperidine rings is 1. The third-order valence-corrected chi connectivity index (χ3v) is 4.08. The van der Waals surface area contributed by atoms with Gasteiger partial charge in [0, 0.05) is 17.1 Å². The van der Waals surface area contributed by atoms with Gasteiger partial charge in [0.15, 0.2) is 0 Å². The topological polar surface area (TPSA) is 38.5 Å². The van der Waals surface area contributed by atoms with Gasteiger partial charge < -0.3 is 10.5 Å². The van der Waals surface area contributed by atoms with Gasteiger partial charge in [0.05, 0.1) is 12.6 Å². The molecule has 0 bridgehead atoms. The Hall–Kier alpha value is -0.770. The highest BCUT2D eigenvalue weighted by molar-refractivity contribution is 6.30. The molecule has 112 valence electrons. The SMILES string of the molecule is CCCOc1ccc(Cl)cc1C(CN)N1CCCCC1. The molecule has 4 heteroatoms. The van der Waals surface area contributed by atoms with Crippen LogP contribution in [0.15, 0.2) is 18.2 Å². The first kappa shape index (κ1) is 15.6. The molecule has 0 aliphatic carbocycles. The number of likely N-dealkylation sites (tertiary alicyclic amines) is 1. The summed E-state index contributed by atoms with van der Waals surface area (Å²) in [6, 6.07) is 6.08. The molecule has 0 saturated carbocycles. The minimum atomic E-state index is 0.209. The molecule has 0 radical (unpaired) electrons. The molecule has 3 nitrogen and oxygen atoms in total. The molecule has 1 unspecified atom stereocenters. The van der Waals surface area contributed by atoms with E-state index in [0.717, 1.165) is 42.5 Å². The Kier molecular flexibility index (Phi) is 6.14. The Balaban J connectivity index is 2.23. The maximum Gasteiger partial charge on any atom is 0.124 e. The van der Waals surface area contributed by atoms with Crippen molar-refractivity contribution in [1.29, 1.82) is 0 Å². The van der Waals surface area contributed by atoms with Crippen molar-refractivity contribution in [3.8, 4) is 5.75 Å². The molecule has 2 rings (SSSR count). The summed E-state index contributed by atoms with van der Waals surface area (Å²) < 4.78 is 5.87. The number of nitrogens with two attached hydrogens (primary N) is 1. The summed E-state index contributed by atoms with van der Waals surface area (Å²) in [6.07, 6.45) is 4.83. The van der Waals surface area contributed by atoms with E-state index in [2.05, 4.69) is 11.8 Å². The number of ether oxygens (including phenoxy) is 1. The Morgan fingerprint density at radius 3 is 2.70 bits per heavy atom. The van der Waals surface area contributed by atoms with E-state index >= 15 is 0 Å². The summed E-state index contributed by atoms with van der Waals surface area (Å²) in [4.78, 5) is 2.47. The number of benzene rings is 1. The van der Waals surface area contributed by atoms with Crippen molar-refractivity contribution >= 4 is 11.6 Å². The Bertz CT molecular complexity index is 419. The summed E-state index contributed by atoms with van der Waals surface area (Å²) >= 11 is 6.18. The number of hydrogen-bond donors (Lipinski definition) is 1. The molecule has 0 amide bonds. The van der Waals surface area contributed by atoms with Gasteiger partial charge in [-0.05, 0) is 50.6 Å². The molecule has 1 atom stereocenters. The average Bonchev–Trinajstić information content (AvgIpc) is 2.48. The molecule has 1 saturated heterocycles. The van der Waals surface area contributed by atoms with Crippen molar-refractivity contribution in [2.75, 3.05) is 26.2 Å². The Morgan fingerprint density at radius 2 is 2.05 bits per heavy atom. The van der Waals surface area contributed by atoms with E-state index in [9.17, 15) is 0 Å². The second-order valence-corrected chi connectivity index (χ2v) is 5.82. The van der Waals surface area contributed by atoms with Crippen LogP contribution in [-0.4, -0.2) is 31.1 Å². The third-order valence-electron chi connectivity index (χ3n) is 3.85. The molecule has 0 aromatic heterocycles. The molecule has 0 spiro atoms. The monoisotopic (exact) mass is 296 g/mol. The van der Waals surface area contributed by atoms with E-state index in [4.69, 9.17) is 22.1 Å². The molecular formula is C16H25ClN2O. The van der Waals surface area contributed by atoms with Crippen LogP contribution in [-0.2, 0) is 0 Å². The van der Waals surface area contributed by atoms with E-state index in [-0.39, 0.29) is 6.04 Å². The van der Waals surface area contributed by atoms with Crippen LogP contribution >= 0.6 is 11.6 Å². The molecule has 1 heterocycles. The van der Waals surface area contributed by atoms with Crippen molar-refractivity contribution in [2.45, 2.75) is 38.6 Å². The predicted octanol–water partition coefficient (Wildman–Crippen LogP) is 3.61. The zero-order chi connectivity index (χ0) is 14.4. The highest BCUT2D eigenvalue weighted by atomic mass is 35.5. The lowest BCUT2D eigenvalue weighted by Crippen LogP contribution is -2.37. The van der Waals surface area contributed by atoms with E-state index in [1.54, 1.807) is 0 Å². The first-order valence-corrected chi connectivity index (χ1v) is 8.00. The second-order valence-electron chi connectivity index (χ2n) is 5.38. The minimum Gasteiger partial charge on any atom is -0.493 e. The summed E-state index contributed by atoms with van der Waals surface area (Å²) in [6.45, 7) is 5.67. The molecule has 1 aromatic rings. The fourth-order valence-electron chi connectivity index (χ4n) is 2.83. The fourth-order valence-corrected chi connectivity index (χ4v) is 3.01. The van der Waals surface area contributed by atoms with Crippen LogP contribution in [0, 0.1) is 0 Å². The normalized spacial score (nSPS) is 17.9. The molecule has 2 N–H and O–H groups in total. The van der Waals surface area contributed by atoms with Crippen LogP contribution in [0.3, 0.4) is 0 Å². The summed E-state index contributed by atoms with van der Waals surface area (Å²) in [5.74, 6) is 0.928. The van der Waals surface area contributed by atoms with Gasteiger partial charge in [-0.25, -0.2) is 0 Å². The van der Waals surface area contributed by atoms with Gasteiger partial charge in [0.2, 0.25) is 0 Å². The fraction of sp³-hybridized carbons (Fsp3) is 0.625. The lowest BCUT2D eigenvalue weighted by Gasteiger charge is -2.35. The molecule has 1 fully saturated rings. The van der Waals surface area contributed by atoms with Gasteiger partial charge in [-0.15, -0.1) is 0 Å². The van der Waals surface area contributed by atoms with Crippen molar-refractivity contribution in [2.24, 2.45) is 5.73 Å². The third kappa shape index (κ3) is 3.87. The van der Waals surface area contributed by atoms with Crippen LogP contribution in [0.5, 0.6) is 5.75 Å². The standard InChI is InChI=1S/C16H25ClN2O/c1-2-10-20-16-7-6-13(17)11-14(16)15(12-18)19-8-4-3-5-9-19/h6-7,11,15H,2-5,8-10,12,18H2,1H3. The Labute approximate surface area is 127 Å². The van der Waals surface area contributed by atoms with Crippen molar-refractivity contribution in [3.05, 3.63) is 28.8 Å². The molecule has 1 aliphatic heterocycles. The lowest BCUT2D eigenvalue weighted by atomic mass is 10.0. The van der Waals surface area contributed by atoms with Crippen molar-refractivity contribution in [1.82, 2.24) is 4.90 Å². The van der Waals surface area contributed by atoms with Gasteiger partial charge in [-0.1, -0.05) is 24.9 Å². The first-order valence-electron chi connectivity index (χ1n) is 7.62. The van der Waals surface area contributed by atoms with Crippen LogP contribution in [0.4, 0.5) is 0 Å². The van der Waals surface area contributed by atoms with Crippen LogP contribution < -0.4 is 10.5 Å². The van der Waals surface area contributed by atoms with Gasteiger partial charge in [-0.3, -0.25) is 4.90 Å². The zero-order valence-electron chi connectivity index (χ0n) is 12.3. The highest BCUT2D eigenvalue weighted by Gasteiger charge is 2.24. The quantitative estimate of drug-likeness (QED) is 0.871. The maximum atomic E-state index is 6.18. The van der Waals surface area contributed by atoms with Crippen LogP contribution in [0.25, 0.3) is 0 Å². The van der Waals surface area contributed by atoms with E-state index < -0.39 is 0 Å². The first-order chi connectivity index (χ1) is 9.76. The Morgan fingerprint density at radius 1 is 1.30 bits per heavy atom. The number of halogens is 1. The zero-order valence-corrected chi connectivity index (χ0v) is 13.0.